The van der Waals surface area contributed by atoms with Gasteiger partial charge < -0.3 is 9.88 Å². The zero-order chi connectivity index (χ0) is 37.5. The van der Waals surface area contributed by atoms with Gasteiger partial charge in [-0.3, -0.25) is 0 Å². The number of hydrogen-bond acceptors (Lipinski definition) is 1. The zero-order valence-electron chi connectivity index (χ0n) is 31.2. The van der Waals surface area contributed by atoms with E-state index in [-0.39, 0.29) is 5.41 Å². The molecule has 0 radical (unpaired) electrons. The molecular formula is C55H36N2. The Morgan fingerprint density at radius 2 is 0.702 bits per heavy atom. The van der Waals surface area contributed by atoms with Crippen LogP contribution in [0.1, 0.15) is 22.3 Å². The van der Waals surface area contributed by atoms with Crippen molar-refractivity contribution in [3.63, 3.8) is 0 Å². The van der Waals surface area contributed by atoms with Gasteiger partial charge in [0.1, 0.15) is 0 Å². The molecule has 0 fully saturated rings. The van der Waals surface area contributed by atoms with E-state index in [1.165, 1.54) is 94.3 Å². The fourth-order valence-electron chi connectivity index (χ4n) is 9.94. The minimum absolute atomic E-state index is 0.346. The molecule has 0 saturated heterocycles. The maximum atomic E-state index is 3.76. The Labute approximate surface area is 332 Å². The molecule has 266 valence electrons. The number of hydrogen-bond donors (Lipinski definition) is 1. The molecule has 1 aromatic heterocycles. The molecule has 1 spiro atoms. The quantitative estimate of drug-likeness (QED) is 0.187. The number of benzene rings is 9. The van der Waals surface area contributed by atoms with E-state index in [2.05, 4.69) is 222 Å². The van der Waals surface area contributed by atoms with Gasteiger partial charge in [0.2, 0.25) is 0 Å². The van der Waals surface area contributed by atoms with Gasteiger partial charge in [0.25, 0.3) is 0 Å². The van der Waals surface area contributed by atoms with Crippen molar-refractivity contribution < 1.29 is 0 Å². The van der Waals surface area contributed by atoms with Gasteiger partial charge >= 0.3 is 0 Å². The van der Waals surface area contributed by atoms with E-state index in [1.807, 2.05) is 0 Å². The topological polar surface area (TPSA) is 17.0 Å². The average molecular weight is 725 g/mol. The van der Waals surface area contributed by atoms with Crippen molar-refractivity contribution in [2.24, 2.45) is 0 Å². The summed E-state index contributed by atoms with van der Waals surface area (Å²) >= 11 is 0. The average Bonchev–Trinajstić information content (AvgIpc) is 3.89. The highest BCUT2D eigenvalue weighted by atomic mass is 15.0. The maximum Gasteiger partial charge on any atom is 0.0726 e. The maximum absolute atomic E-state index is 3.76. The van der Waals surface area contributed by atoms with Crippen molar-refractivity contribution in [2.75, 3.05) is 5.32 Å². The predicted molar refractivity (Wildman–Crippen MR) is 238 cm³/mol. The number of aromatic nitrogens is 1. The molecule has 2 aliphatic rings. The lowest BCUT2D eigenvalue weighted by atomic mass is 9.70. The van der Waals surface area contributed by atoms with Crippen LogP contribution in [0.5, 0.6) is 0 Å². The molecule has 0 atom stereocenters. The first-order valence-corrected chi connectivity index (χ1v) is 19.8. The minimum Gasteiger partial charge on any atom is -0.356 e. The Morgan fingerprint density at radius 3 is 1.21 bits per heavy atom. The second-order valence-corrected chi connectivity index (χ2v) is 15.3. The Hall–Kier alpha value is -7.42. The van der Waals surface area contributed by atoms with Gasteiger partial charge in [-0.05, 0) is 115 Å². The second kappa shape index (κ2) is 12.3. The fraction of sp³-hybridized carbons (Fsp3) is 0.0182. The number of para-hydroxylation sites is 2. The molecule has 0 saturated carbocycles. The molecular weight excluding hydrogens is 689 g/mol. The second-order valence-electron chi connectivity index (χ2n) is 15.3. The molecule has 9 aromatic carbocycles. The molecule has 0 bridgehead atoms. The van der Waals surface area contributed by atoms with Gasteiger partial charge in [0.15, 0.2) is 0 Å². The first-order chi connectivity index (χ1) is 28.3. The monoisotopic (exact) mass is 724 g/mol. The number of nitrogens with zero attached hydrogens (tertiary/aromatic N) is 1. The summed E-state index contributed by atoms with van der Waals surface area (Å²) in [6.45, 7) is 0. The summed E-state index contributed by atoms with van der Waals surface area (Å²) in [6, 6.07) is 77.8. The number of anilines is 2. The molecule has 10 aromatic rings. The zero-order valence-corrected chi connectivity index (χ0v) is 31.2. The van der Waals surface area contributed by atoms with Crippen molar-refractivity contribution in [1.82, 2.24) is 4.57 Å². The van der Waals surface area contributed by atoms with E-state index >= 15 is 0 Å². The third kappa shape index (κ3) is 4.65. The first kappa shape index (κ1) is 31.9. The molecule has 0 aliphatic heterocycles. The van der Waals surface area contributed by atoms with Gasteiger partial charge in [-0.2, -0.15) is 0 Å². The van der Waals surface area contributed by atoms with Gasteiger partial charge in [0.05, 0.1) is 16.4 Å². The summed E-state index contributed by atoms with van der Waals surface area (Å²) in [5.41, 5.74) is 20.9. The Kier molecular flexibility index (Phi) is 6.88. The highest BCUT2D eigenvalue weighted by Gasteiger charge is 2.51. The molecule has 0 amide bonds. The van der Waals surface area contributed by atoms with E-state index in [1.54, 1.807) is 0 Å². The van der Waals surface area contributed by atoms with E-state index in [9.17, 15) is 0 Å². The van der Waals surface area contributed by atoms with E-state index < -0.39 is 0 Å². The lowest BCUT2D eigenvalue weighted by molar-refractivity contribution is 0.794. The van der Waals surface area contributed by atoms with Crippen LogP contribution in [-0.2, 0) is 5.41 Å². The summed E-state index contributed by atoms with van der Waals surface area (Å²) in [5.74, 6) is 0. The highest BCUT2D eigenvalue weighted by Crippen LogP contribution is 2.63. The molecule has 0 unspecified atom stereocenters. The molecule has 57 heavy (non-hydrogen) atoms. The smallest absolute Gasteiger partial charge is 0.0726 e. The van der Waals surface area contributed by atoms with Crippen LogP contribution in [0, 0.1) is 0 Å². The van der Waals surface area contributed by atoms with Crippen LogP contribution in [0.4, 0.5) is 11.4 Å². The summed E-state index contributed by atoms with van der Waals surface area (Å²) in [6.07, 6.45) is 0. The van der Waals surface area contributed by atoms with E-state index in [0.717, 1.165) is 11.4 Å². The van der Waals surface area contributed by atoms with Gasteiger partial charge in [-0.25, -0.2) is 0 Å². The highest BCUT2D eigenvalue weighted by molar-refractivity contribution is 6.09. The number of fused-ring (bicyclic) bond motifs is 13. The molecule has 12 rings (SSSR count). The number of rotatable bonds is 5. The SMILES string of the molecule is c1ccc2c(c1)-c1ccccc1C21c2ccccc2-c2ccc(Nc3ccc(-c4ccc(-c5ccc(-n6c7ccccc7c7ccccc76)cc5)cc4)cc3)cc21. The van der Waals surface area contributed by atoms with Crippen molar-refractivity contribution in [3.05, 3.63) is 235 Å². The van der Waals surface area contributed by atoms with Crippen LogP contribution >= 0.6 is 0 Å². The largest absolute Gasteiger partial charge is 0.356 e. The van der Waals surface area contributed by atoms with Crippen LogP contribution in [0.3, 0.4) is 0 Å². The van der Waals surface area contributed by atoms with Crippen LogP contribution in [-0.4, -0.2) is 4.57 Å². The van der Waals surface area contributed by atoms with Crippen molar-refractivity contribution in [2.45, 2.75) is 5.41 Å². The third-order valence-corrected chi connectivity index (χ3v) is 12.4. The van der Waals surface area contributed by atoms with Crippen molar-refractivity contribution in [3.8, 4) is 50.2 Å². The summed E-state index contributed by atoms with van der Waals surface area (Å²) < 4.78 is 2.36. The van der Waals surface area contributed by atoms with E-state index in [0.29, 0.717) is 0 Å². The lowest BCUT2D eigenvalue weighted by Crippen LogP contribution is -2.25. The van der Waals surface area contributed by atoms with Crippen LogP contribution in [0.2, 0.25) is 0 Å². The fourth-order valence-corrected chi connectivity index (χ4v) is 9.94. The predicted octanol–water partition coefficient (Wildman–Crippen LogP) is 14.2. The van der Waals surface area contributed by atoms with Crippen LogP contribution in [0.15, 0.2) is 212 Å². The Morgan fingerprint density at radius 1 is 0.316 bits per heavy atom. The molecule has 1 heterocycles. The Balaban J connectivity index is 0.822. The molecule has 2 nitrogen and oxygen atoms in total. The normalized spacial score (nSPS) is 13.1. The molecule has 2 heteroatoms. The third-order valence-electron chi connectivity index (χ3n) is 12.4. The van der Waals surface area contributed by atoms with Gasteiger partial charge in [-0.1, -0.05) is 164 Å². The minimum atomic E-state index is -0.346. The van der Waals surface area contributed by atoms with Crippen molar-refractivity contribution in [1.29, 1.82) is 0 Å². The van der Waals surface area contributed by atoms with Crippen molar-refractivity contribution >= 4 is 33.2 Å². The Bertz CT molecular complexity index is 3070. The van der Waals surface area contributed by atoms with E-state index in [4.69, 9.17) is 0 Å². The summed E-state index contributed by atoms with van der Waals surface area (Å²) in [7, 11) is 0. The summed E-state index contributed by atoms with van der Waals surface area (Å²) in [4.78, 5) is 0. The van der Waals surface area contributed by atoms with Crippen LogP contribution < -0.4 is 5.32 Å². The lowest BCUT2D eigenvalue weighted by Gasteiger charge is -2.30. The van der Waals surface area contributed by atoms with Crippen LogP contribution in [0.25, 0.3) is 72.0 Å². The number of nitrogens with one attached hydrogen (secondary N) is 1. The molecule has 2 aliphatic carbocycles. The van der Waals surface area contributed by atoms with Gasteiger partial charge in [0, 0.05) is 27.8 Å². The standard InChI is InChI=1S/C55H36N2/c1-6-16-49-43(11-1)44-12-2-7-17-50(44)55(49)51-18-8-3-13-45(51)46-34-31-41(35-52(46)55)56-40-29-25-38(26-30-40)36-21-23-37(24-22-36)39-27-32-42(33-28-39)57-53-19-9-4-14-47(53)48-15-5-10-20-54(48)57/h1-35,56H. The van der Waals surface area contributed by atoms with Gasteiger partial charge in [-0.15, -0.1) is 0 Å². The molecule has 1 N–H and O–H groups in total. The first-order valence-electron chi connectivity index (χ1n) is 19.8. The summed E-state index contributed by atoms with van der Waals surface area (Å²) in [5, 5.41) is 6.31.